The number of imidazole rings is 1. The van der Waals surface area contributed by atoms with Crippen LogP contribution in [-0.2, 0) is 6.54 Å². The van der Waals surface area contributed by atoms with Crippen molar-refractivity contribution in [3.63, 3.8) is 0 Å². The Hall–Kier alpha value is -1.68. The maximum atomic E-state index is 4.68. The van der Waals surface area contributed by atoms with Gasteiger partial charge in [-0.2, -0.15) is 0 Å². The molecule has 0 aromatic carbocycles. The second-order valence-corrected chi connectivity index (χ2v) is 5.22. The van der Waals surface area contributed by atoms with Crippen molar-refractivity contribution in [2.75, 3.05) is 0 Å². The average molecular weight is 243 g/mol. The minimum absolute atomic E-state index is 0.889. The van der Waals surface area contributed by atoms with Crippen molar-refractivity contribution in [2.45, 2.75) is 20.4 Å². The van der Waals surface area contributed by atoms with Crippen LogP contribution in [0.15, 0.2) is 30.5 Å². The van der Waals surface area contributed by atoms with Crippen molar-refractivity contribution in [1.82, 2.24) is 14.5 Å². The summed E-state index contributed by atoms with van der Waals surface area (Å²) in [5.74, 6) is 1.03. The lowest BCUT2D eigenvalue weighted by atomic mass is 10.4. The summed E-state index contributed by atoms with van der Waals surface area (Å²) >= 11 is 1.77. The van der Waals surface area contributed by atoms with E-state index in [-0.39, 0.29) is 0 Å². The fourth-order valence-electron chi connectivity index (χ4n) is 2.00. The zero-order chi connectivity index (χ0) is 11.8. The number of thiophene rings is 1. The molecular weight excluding hydrogens is 230 g/mol. The molecule has 0 aliphatic carbocycles. The smallest absolute Gasteiger partial charge is 0.160 e. The van der Waals surface area contributed by atoms with E-state index in [0.717, 1.165) is 23.5 Å². The summed E-state index contributed by atoms with van der Waals surface area (Å²) in [6.45, 7) is 5.13. The molecule has 0 aliphatic heterocycles. The monoisotopic (exact) mass is 243 g/mol. The van der Waals surface area contributed by atoms with Crippen LogP contribution in [0.2, 0.25) is 0 Å². The molecule has 0 radical (unpaired) electrons. The van der Waals surface area contributed by atoms with Crippen LogP contribution in [0.3, 0.4) is 0 Å². The molecule has 0 amide bonds. The van der Waals surface area contributed by atoms with Gasteiger partial charge in [0, 0.05) is 17.6 Å². The van der Waals surface area contributed by atoms with Crippen LogP contribution in [0.25, 0.3) is 21.9 Å². The van der Waals surface area contributed by atoms with E-state index in [9.17, 15) is 0 Å². The van der Waals surface area contributed by atoms with Gasteiger partial charge in [0.15, 0.2) is 11.5 Å². The first-order valence-electron chi connectivity index (χ1n) is 5.67. The van der Waals surface area contributed by atoms with Gasteiger partial charge in [-0.1, -0.05) is 0 Å². The molecule has 4 heteroatoms. The highest BCUT2D eigenvalue weighted by Gasteiger charge is 2.13. The SMILES string of the molecule is CCn1c(-c2ccc(C)s2)nc2cccnc21. The van der Waals surface area contributed by atoms with Gasteiger partial charge < -0.3 is 4.57 Å². The summed E-state index contributed by atoms with van der Waals surface area (Å²) in [5.41, 5.74) is 1.94. The van der Waals surface area contributed by atoms with Crippen LogP contribution >= 0.6 is 11.3 Å². The molecule has 0 saturated carbocycles. The Kier molecular flexibility index (Phi) is 2.44. The predicted molar refractivity (Wildman–Crippen MR) is 71.3 cm³/mol. The Labute approximate surface area is 104 Å². The molecule has 3 aromatic rings. The molecule has 3 nitrogen and oxygen atoms in total. The summed E-state index contributed by atoms with van der Waals surface area (Å²) in [6.07, 6.45) is 1.82. The van der Waals surface area contributed by atoms with E-state index in [0.29, 0.717) is 0 Å². The van der Waals surface area contributed by atoms with Gasteiger partial charge in [0.1, 0.15) is 5.52 Å². The van der Waals surface area contributed by atoms with E-state index in [1.807, 2.05) is 18.3 Å². The minimum atomic E-state index is 0.889. The highest BCUT2D eigenvalue weighted by atomic mass is 32.1. The number of hydrogen-bond donors (Lipinski definition) is 0. The number of rotatable bonds is 2. The highest BCUT2D eigenvalue weighted by molar-refractivity contribution is 7.15. The van der Waals surface area contributed by atoms with Crippen LogP contribution in [0.1, 0.15) is 11.8 Å². The number of aryl methyl sites for hydroxylation is 2. The number of pyridine rings is 1. The van der Waals surface area contributed by atoms with Crippen molar-refractivity contribution in [1.29, 1.82) is 0 Å². The maximum Gasteiger partial charge on any atom is 0.160 e. The molecule has 86 valence electrons. The highest BCUT2D eigenvalue weighted by Crippen LogP contribution is 2.29. The first-order chi connectivity index (χ1) is 8.29. The lowest BCUT2D eigenvalue weighted by molar-refractivity contribution is 0.789. The Balaban J connectivity index is 2.29. The van der Waals surface area contributed by atoms with Gasteiger partial charge in [-0.25, -0.2) is 9.97 Å². The number of hydrogen-bond acceptors (Lipinski definition) is 3. The van der Waals surface area contributed by atoms with Gasteiger partial charge in [-0.05, 0) is 38.1 Å². The van der Waals surface area contributed by atoms with Crippen molar-refractivity contribution >= 4 is 22.5 Å². The van der Waals surface area contributed by atoms with E-state index in [2.05, 4.69) is 40.5 Å². The fourth-order valence-corrected chi connectivity index (χ4v) is 2.87. The topological polar surface area (TPSA) is 30.7 Å². The molecule has 3 aromatic heterocycles. The number of aromatic nitrogens is 3. The van der Waals surface area contributed by atoms with E-state index < -0.39 is 0 Å². The molecule has 3 rings (SSSR count). The Morgan fingerprint density at radius 1 is 1.29 bits per heavy atom. The lowest BCUT2D eigenvalue weighted by Gasteiger charge is -2.02. The molecule has 0 aliphatic rings. The molecule has 0 spiro atoms. The van der Waals surface area contributed by atoms with Crippen molar-refractivity contribution in [3.8, 4) is 10.7 Å². The van der Waals surface area contributed by atoms with Gasteiger partial charge in [0.2, 0.25) is 0 Å². The molecular formula is C13H13N3S. The summed E-state index contributed by atoms with van der Waals surface area (Å²) in [5, 5.41) is 0. The Bertz CT molecular complexity index is 666. The van der Waals surface area contributed by atoms with Gasteiger partial charge in [-0.15, -0.1) is 11.3 Å². The van der Waals surface area contributed by atoms with E-state index in [4.69, 9.17) is 0 Å². The second kappa shape index (κ2) is 3.96. The van der Waals surface area contributed by atoms with Crippen LogP contribution in [0.5, 0.6) is 0 Å². The van der Waals surface area contributed by atoms with Crippen LogP contribution in [0.4, 0.5) is 0 Å². The third-order valence-electron chi connectivity index (χ3n) is 2.78. The third-order valence-corrected chi connectivity index (χ3v) is 3.78. The summed E-state index contributed by atoms with van der Waals surface area (Å²) in [6, 6.07) is 8.21. The van der Waals surface area contributed by atoms with E-state index in [1.165, 1.54) is 9.75 Å². The van der Waals surface area contributed by atoms with Crippen molar-refractivity contribution in [2.24, 2.45) is 0 Å². The number of nitrogens with zero attached hydrogens (tertiary/aromatic N) is 3. The van der Waals surface area contributed by atoms with Gasteiger partial charge in [0.25, 0.3) is 0 Å². The van der Waals surface area contributed by atoms with Crippen LogP contribution in [-0.4, -0.2) is 14.5 Å². The maximum absolute atomic E-state index is 4.68. The normalized spacial score (nSPS) is 11.2. The van der Waals surface area contributed by atoms with Crippen molar-refractivity contribution in [3.05, 3.63) is 35.3 Å². The molecule has 0 bridgehead atoms. The summed E-state index contributed by atoms with van der Waals surface area (Å²) in [4.78, 5) is 11.6. The molecule has 0 N–H and O–H groups in total. The van der Waals surface area contributed by atoms with Gasteiger partial charge in [0.05, 0.1) is 4.88 Å². The second-order valence-electron chi connectivity index (χ2n) is 3.94. The minimum Gasteiger partial charge on any atom is -0.308 e. The van der Waals surface area contributed by atoms with Gasteiger partial charge in [-0.3, -0.25) is 0 Å². The molecule has 3 heterocycles. The first-order valence-corrected chi connectivity index (χ1v) is 6.49. The predicted octanol–water partition coefficient (Wildman–Crippen LogP) is 3.49. The first kappa shape index (κ1) is 10.5. The van der Waals surface area contributed by atoms with Crippen molar-refractivity contribution < 1.29 is 0 Å². The standard InChI is InChI=1S/C13H13N3S/c1-3-16-12-10(5-4-8-14-12)15-13(16)11-7-6-9(2)17-11/h4-8H,3H2,1-2H3. The Morgan fingerprint density at radius 3 is 2.88 bits per heavy atom. The average Bonchev–Trinajstić information content (AvgIpc) is 2.91. The zero-order valence-corrected chi connectivity index (χ0v) is 10.7. The van der Waals surface area contributed by atoms with Crippen LogP contribution < -0.4 is 0 Å². The van der Waals surface area contributed by atoms with E-state index >= 15 is 0 Å². The zero-order valence-electron chi connectivity index (χ0n) is 9.84. The largest absolute Gasteiger partial charge is 0.308 e. The fraction of sp³-hybridized carbons (Fsp3) is 0.231. The molecule has 0 unspecified atom stereocenters. The number of fused-ring (bicyclic) bond motifs is 1. The van der Waals surface area contributed by atoms with Crippen LogP contribution in [0, 0.1) is 6.92 Å². The third kappa shape index (κ3) is 1.65. The molecule has 0 atom stereocenters. The summed E-state index contributed by atoms with van der Waals surface area (Å²) in [7, 11) is 0. The quantitative estimate of drug-likeness (QED) is 0.689. The summed E-state index contributed by atoms with van der Waals surface area (Å²) < 4.78 is 2.17. The lowest BCUT2D eigenvalue weighted by Crippen LogP contribution is -1.97. The molecule has 0 fully saturated rings. The molecule has 17 heavy (non-hydrogen) atoms. The van der Waals surface area contributed by atoms with Gasteiger partial charge >= 0.3 is 0 Å². The Morgan fingerprint density at radius 2 is 2.18 bits per heavy atom. The van der Waals surface area contributed by atoms with E-state index in [1.54, 1.807) is 11.3 Å². The molecule has 0 saturated heterocycles.